The highest BCUT2D eigenvalue weighted by Crippen LogP contribution is 2.17. The summed E-state index contributed by atoms with van der Waals surface area (Å²) >= 11 is 1.82. The molecule has 0 unspecified atom stereocenters. The number of fused-ring (bicyclic) bond motifs is 1. The van der Waals surface area contributed by atoms with E-state index in [0.29, 0.717) is 11.5 Å². The zero-order chi connectivity index (χ0) is 13.7. The fourth-order valence-electron chi connectivity index (χ4n) is 1.90. The number of carboxylic acids is 1. The monoisotopic (exact) mass is 279 g/mol. The average molecular weight is 279 g/mol. The molecule has 102 valence electrons. The van der Waals surface area contributed by atoms with Crippen molar-refractivity contribution in [1.29, 1.82) is 0 Å². The largest absolute Gasteiger partial charge is 0.476 e. The summed E-state index contributed by atoms with van der Waals surface area (Å²) in [6.07, 6.45) is 5.92. The lowest BCUT2D eigenvalue weighted by Gasteiger charge is -2.04. The van der Waals surface area contributed by atoms with E-state index in [-0.39, 0.29) is 5.69 Å². The minimum atomic E-state index is -0.967. The molecule has 0 aromatic carbocycles. The molecule has 0 atom stereocenters. The molecule has 0 saturated heterocycles. The first kappa shape index (κ1) is 13.7. The van der Waals surface area contributed by atoms with Crippen molar-refractivity contribution >= 4 is 29.2 Å². The highest BCUT2D eigenvalue weighted by atomic mass is 32.2. The molecule has 2 aromatic rings. The van der Waals surface area contributed by atoms with Gasteiger partial charge in [-0.25, -0.2) is 9.78 Å². The molecule has 2 N–H and O–H groups in total. The van der Waals surface area contributed by atoms with Crippen LogP contribution in [0.15, 0.2) is 24.4 Å². The number of thioether (sulfide) groups is 1. The van der Waals surface area contributed by atoms with Crippen LogP contribution < -0.4 is 5.32 Å². The summed E-state index contributed by atoms with van der Waals surface area (Å²) in [5.41, 5.74) is 0.840. The maximum Gasteiger partial charge on any atom is 0.356 e. The van der Waals surface area contributed by atoms with Crippen molar-refractivity contribution in [2.24, 2.45) is 0 Å². The molecule has 0 radical (unpaired) electrons. The Morgan fingerprint density at radius 3 is 3.05 bits per heavy atom. The number of anilines is 1. The molecule has 5 nitrogen and oxygen atoms in total. The SMILES string of the molecule is CSCCCCNc1nc2ccccn2c1C(=O)O. The number of aromatic nitrogens is 2. The van der Waals surface area contributed by atoms with Crippen LogP contribution in [0.3, 0.4) is 0 Å². The topological polar surface area (TPSA) is 66.6 Å². The van der Waals surface area contributed by atoms with Crippen molar-refractivity contribution in [2.45, 2.75) is 12.8 Å². The van der Waals surface area contributed by atoms with Crippen LogP contribution >= 0.6 is 11.8 Å². The summed E-state index contributed by atoms with van der Waals surface area (Å²) in [6, 6.07) is 5.44. The quantitative estimate of drug-likeness (QED) is 0.763. The van der Waals surface area contributed by atoms with Crippen molar-refractivity contribution in [3.63, 3.8) is 0 Å². The van der Waals surface area contributed by atoms with E-state index in [2.05, 4.69) is 16.6 Å². The number of imidazole rings is 1. The van der Waals surface area contributed by atoms with Gasteiger partial charge in [0, 0.05) is 12.7 Å². The van der Waals surface area contributed by atoms with Crippen LogP contribution in [0, 0.1) is 0 Å². The fraction of sp³-hybridized carbons (Fsp3) is 0.385. The molecule has 0 spiro atoms. The van der Waals surface area contributed by atoms with E-state index in [1.165, 1.54) is 0 Å². The standard InChI is InChI=1S/C13H17N3O2S/c1-19-9-5-3-7-14-12-11(13(17)18)16-8-4-2-6-10(16)15-12/h2,4,6,8,14H,3,5,7,9H2,1H3,(H,17,18). The van der Waals surface area contributed by atoms with Gasteiger partial charge in [0.05, 0.1) is 0 Å². The van der Waals surface area contributed by atoms with Crippen LogP contribution in [0.25, 0.3) is 5.65 Å². The van der Waals surface area contributed by atoms with Gasteiger partial charge in [0.2, 0.25) is 0 Å². The van der Waals surface area contributed by atoms with Gasteiger partial charge in [-0.1, -0.05) is 6.07 Å². The normalized spacial score (nSPS) is 10.8. The summed E-state index contributed by atoms with van der Waals surface area (Å²) in [6.45, 7) is 0.741. The van der Waals surface area contributed by atoms with Crippen LogP contribution in [0.2, 0.25) is 0 Å². The second-order valence-electron chi connectivity index (χ2n) is 4.17. The fourth-order valence-corrected chi connectivity index (χ4v) is 2.39. The number of carboxylic acid groups (broad SMARTS) is 1. The predicted molar refractivity (Wildman–Crippen MR) is 78.3 cm³/mol. The number of pyridine rings is 1. The van der Waals surface area contributed by atoms with Crippen LogP contribution in [-0.2, 0) is 0 Å². The van der Waals surface area contributed by atoms with E-state index < -0.39 is 5.97 Å². The lowest BCUT2D eigenvalue weighted by Crippen LogP contribution is -2.09. The summed E-state index contributed by atoms with van der Waals surface area (Å²) < 4.78 is 1.59. The molecule has 0 aliphatic rings. The zero-order valence-electron chi connectivity index (χ0n) is 10.8. The second-order valence-corrected chi connectivity index (χ2v) is 5.16. The van der Waals surface area contributed by atoms with Gasteiger partial charge in [0.25, 0.3) is 0 Å². The molecule has 2 aromatic heterocycles. The van der Waals surface area contributed by atoms with E-state index in [9.17, 15) is 9.90 Å². The Bertz CT molecular complexity index is 568. The van der Waals surface area contributed by atoms with Crippen LogP contribution in [0.1, 0.15) is 23.3 Å². The molecule has 6 heteroatoms. The molecule has 0 aliphatic heterocycles. The summed E-state index contributed by atoms with van der Waals surface area (Å²) in [4.78, 5) is 15.6. The maximum atomic E-state index is 11.3. The first-order valence-electron chi connectivity index (χ1n) is 6.17. The maximum absolute atomic E-state index is 11.3. The van der Waals surface area contributed by atoms with Crippen molar-refractivity contribution in [3.05, 3.63) is 30.1 Å². The zero-order valence-corrected chi connectivity index (χ0v) is 11.6. The number of nitrogens with one attached hydrogen (secondary N) is 1. The Balaban J connectivity index is 2.13. The number of hydrogen-bond donors (Lipinski definition) is 2. The highest BCUT2D eigenvalue weighted by Gasteiger charge is 2.17. The number of rotatable bonds is 7. The molecular weight excluding hydrogens is 262 g/mol. The molecule has 2 rings (SSSR count). The molecule has 19 heavy (non-hydrogen) atoms. The van der Waals surface area contributed by atoms with E-state index in [1.807, 2.05) is 17.8 Å². The van der Waals surface area contributed by atoms with Gasteiger partial charge in [-0.05, 0) is 37.0 Å². The summed E-state index contributed by atoms with van der Waals surface area (Å²) in [5.74, 6) is 0.603. The predicted octanol–water partition coefficient (Wildman–Crippen LogP) is 2.59. The van der Waals surface area contributed by atoms with Crippen molar-refractivity contribution in [3.8, 4) is 0 Å². The van der Waals surface area contributed by atoms with E-state index >= 15 is 0 Å². The molecule has 0 bridgehead atoms. The van der Waals surface area contributed by atoms with Crippen LogP contribution in [0.4, 0.5) is 5.82 Å². The smallest absolute Gasteiger partial charge is 0.356 e. The van der Waals surface area contributed by atoms with Crippen molar-refractivity contribution in [2.75, 3.05) is 23.9 Å². The van der Waals surface area contributed by atoms with Gasteiger partial charge in [-0.15, -0.1) is 0 Å². The van der Waals surface area contributed by atoms with E-state index in [1.54, 1.807) is 22.7 Å². The van der Waals surface area contributed by atoms with E-state index in [0.717, 1.165) is 25.1 Å². The number of carbonyl (C=O) groups is 1. The lowest BCUT2D eigenvalue weighted by atomic mass is 10.3. The highest BCUT2D eigenvalue weighted by molar-refractivity contribution is 7.98. The van der Waals surface area contributed by atoms with Crippen molar-refractivity contribution < 1.29 is 9.90 Å². The Kier molecular flexibility index (Phi) is 4.68. The Hall–Kier alpha value is -1.69. The minimum Gasteiger partial charge on any atom is -0.476 e. The molecule has 0 aliphatic carbocycles. The third-order valence-corrected chi connectivity index (χ3v) is 3.50. The molecule has 0 saturated carbocycles. The van der Waals surface area contributed by atoms with Gasteiger partial charge in [0.15, 0.2) is 11.5 Å². The molecule has 2 heterocycles. The van der Waals surface area contributed by atoms with Crippen LogP contribution in [0.5, 0.6) is 0 Å². The minimum absolute atomic E-state index is 0.195. The number of aromatic carboxylic acids is 1. The molecule has 0 fully saturated rings. The molecular formula is C13H17N3O2S. The van der Waals surface area contributed by atoms with Gasteiger partial charge in [-0.3, -0.25) is 4.40 Å². The second kappa shape index (κ2) is 6.47. The lowest BCUT2D eigenvalue weighted by molar-refractivity contribution is 0.0690. The average Bonchev–Trinajstić information content (AvgIpc) is 2.76. The third-order valence-electron chi connectivity index (χ3n) is 2.80. The third kappa shape index (κ3) is 3.20. The first-order chi connectivity index (χ1) is 9.24. The van der Waals surface area contributed by atoms with Gasteiger partial charge in [0.1, 0.15) is 5.65 Å². The number of unbranched alkanes of at least 4 members (excludes halogenated alkanes) is 1. The molecule has 0 amide bonds. The van der Waals surface area contributed by atoms with Crippen LogP contribution in [-0.4, -0.2) is 39.0 Å². The Morgan fingerprint density at radius 1 is 1.47 bits per heavy atom. The summed E-state index contributed by atoms with van der Waals surface area (Å²) in [5, 5.41) is 12.4. The first-order valence-corrected chi connectivity index (χ1v) is 7.56. The van der Waals surface area contributed by atoms with Crippen molar-refractivity contribution in [1.82, 2.24) is 9.38 Å². The van der Waals surface area contributed by atoms with Gasteiger partial charge >= 0.3 is 5.97 Å². The number of hydrogen-bond acceptors (Lipinski definition) is 4. The summed E-state index contributed by atoms with van der Waals surface area (Å²) in [7, 11) is 0. The van der Waals surface area contributed by atoms with Gasteiger partial charge in [-0.2, -0.15) is 11.8 Å². The van der Waals surface area contributed by atoms with E-state index in [4.69, 9.17) is 0 Å². The number of nitrogens with zero attached hydrogens (tertiary/aromatic N) is 2. The van der Waals surface area contributed by atoms with Gasteiger partial charge < -0.3 is 10.4 Å². The Labute approximate surface area is 116 Å². The Morgan fingerprint density at radius 2 is 2.32 bits per heavy atom.